The summed E-state index contributed by atoms with van der Waals surface area (Å²) in [5, 5.41) is 13.5. The normalized spacial score (nSPS) is 29.3. The van der Waals surface area contributed by atoms with Crippen LogP contribution >= 0.6 is 0 Å². The van der Waals surface area contributed by atoms with E-state index in [9.17, 15) is 5.11 Å². The first kappa shape index (κ1) is 10.5. The fourth-order valence-corrected chi connectivity index (χ4v) is 2.58. The van der Waals surface area contributed by atoms with E-state index in [1.807, 2.05) is 18.2 Å². The molecule has 1 saturated heterocycles. The Kier molecular flexibility index (Phi) is 2.27. The molecule has 1 aliphatic rings. The van der Waals surface area contributed by atoms with Crippen molar-refractivity contribution in [1.82, 2.24) is 5.32 Å². The Labute approximate surface area is 91.3 Å². The second kappa shape index (κ2) is 3.24. The highest BCUT2D eigenvalue weighted by molar-refractivity contribution is 5.38. The molecule has 82 valence electrons. The highest BCUT2D eigenvalue weighted by Crippen LogP contribution is 2.40. The lowest BCUT2D eigenvalue weighted by Crippen LogP contribution is -2.43. The van der Waals surface area contributed by atoms with Crippen molar-refractivity contribution in [2.45, 2.75) is 44.7 Å². The molecular weight excluding hydrogens is 186 g/mol. The zero-order chi connectivity index (χ0) is 11.1. The monoisotopic (exact) mass is 205 g/mol. The number of hydrogen-bond donors (Lipinski definition) is 2. The van der Waals surface area contributed by atoms with Gasteiger partial charge < -0.3 is 10.4 Å². The van der Waals surface area contributed by atoms with E-state index < -0.39 is 0 Å². The van der Waals surface area contributed by atoms with E-state index >= 15 is 0 Å². The van der Waals surface area contributed by atoms with Crippen molar-refractivity contribution in [2.24, 2.45) is 0 Å². The van der Waals surface area contributed by atoms with Crippen molar-refractivity contribution in [3.63, 3.8) is 0 Å². The van der Waals surface area contributed by atoms with Crippen LogP contribution in [-0.4, -0.2) is 10.6 Å². The summed E-state index contributed by atoms with van der Waals surface area (Å²) >= 11 is 0. The summed E-state index contributed by atoms with van der Waals surface area (Å²) in [4.78, 5) is 0. The van der Waals surface area contributed by atoms with E-state index in [4.69, 9.17) is 0 Å². The number of phenolic OH excluding ortho intramolecular Hbond substituents is 1. The second-order valence-corrected chi connectivity index (χ2v) is 5.36. The lowest BCUT2D eigenvalue weighted by Gasteiger charge is -2.30. The summed E-state index contributed by atoms with van der Waals surface area (Å²) in [5.74, 6) is 0.394. The van der Waals surface area contributed by atoms with Crippen molar-refractivity contribution in [3.05, 3.63) is 29.8 Å². The highest BCUT2D eigenvalue weighted by Gasteiger charge is 2.41. The maximum Gasteiger partial charge on any atom is 0.120 e. The number of aromatic hydroxyl groups is 1. The molecule has 1 aromatic carbocycles. The van der Waals surface area contributed by atoms with Crippen LogP contribution in [0.5, 0.6) is 5.75 Å². The fraction of sp³-hybridized carbons (Fsp3) is 0.538. The molecule has 0 saturated carbocycles. The minimum Gasteiger partial charge on any atom is -0.508 e. The van der Waals surface area contributed by atoms with Gasteiger partial charge in [-0.1, -0.05) is 18.2 Å². The maximum atomic E-state index is 9.87. The summed E-state index contributed by atoms with van der Waals surface area (Å²) in [6.45, 7) is 6.58. The number of phenols is 1. The number of para-hydroxylation sites is 1. The zero-order valence-electron chi connectivity index (χ0n) is 9.67. The molecule has 1 aliphatic heterocycles. The van der Waals surface area contributed by atoms with Crippen LogP contribution in [0.25, 0.3) is 0 Å². The van der Waals surface area contributed by atoms with Gasteiger partial charge in [0.1, 0.15) is 5.75 Å². The van der Waals surface area contributed by atoms with Gasteiger partial charge in [0, 0.05) is 16.6 Å². The minimum atomic E-state index is -0.0884. The molecule has 1 heterocycles. The molecule has 15 heavy (non-hydrogen) atoms. The molecule has 0 radical (unpaired) electrons. The predicted octanol–water partition coefficient (Wildman–Crippen LogP) is 2.77. The van der Waals surface area contributed by atoms with Gasteiger partial charge in [-0.2, -0.15) is 0 Å². The molecule has 0 bridgehead atoms. The van der Waals surface area contributed by atoms with E-state index in [1.165, 1.54) is 0 Å². The SMILES string of the molecule is CC1(C)CCC(C)(c2ccccc2O)N1. The Bertz CT molecular complexity index is 373. The summed E-state index contributed by atoms with van der Waals surface area (Å²) in [6, 6.07) is 7.60. The molecule has 2 heteroatoms. The van der Waals surface area contributed by atoms with Crippen LogP contribution in [0.15, 0.2) is 24.3 Å². The molecule has 2 nitrogen and oxygen atoms in total. The second-order valence-electron chi connectivity index (χ2n) is 5.36. The molecule has 1 atom stereocenters. The molecule has 1 fully saturated rings. The molecule has 1 aromatic rings. The molecule has 0 aliphatic carbocycles. The number of nitrogens with one attached hydrogen (secondary N) is 1. The minimum absolute atomic E-state index is 0.0884. The van der Waals surface area contributed by atoms with Crippen molar-refractivity contribution >= 4 is 0 Å². The molecule has 0 aromatic heterocycles. The Morgan fingerprint density at radius 2 is 1.80 bits per heavy atom. The average molecular weight is 205 g/mol. The third-order valence-electron chi connectivity index (χ3n) is 3.36. The molecule has 0 spiro atoms. The van der Waals surface area contributed by atoms with Gasteiger partial charge in [-0.05, 0) is 39.7 Å². The maximum absolute atomic E-state index is 9.87. The topological polar surface area (TPSA) is 32.3 Å². The van der Waals surface area contributed by atoms with Crippen LogP contribution in [-0.2, 0) is 5.54 Å². The lowest BCUT2D eigenvalue weighted by atomic mass is 9.90. The lowest BCUT2D eigenvalue weighted by molar-refractivity contribution is 0.340. The Hall–Kier alpha value is -1.02. The largest absolute Gasteiger partial charge is 0.508 e. The summed E-state index contributed by atoms with van der Waals surface area (Å²) in [7, 11) is 0. The van der Waals surface area contributed by atoms with Gasteiger partial charge in [-0.15, -0.1) is 0 Å². The number of rotatable bonds is 1. The van der Waals surface area contributed by atoms with E-state index in [1.54, 1.807) is 6.07 Å². The first-order valence-corrected chi connectivity index (χ1v) is 5.51. The predicted molar refractivity (Wildman–Crippen MR) is 61.9 cm³/mol. The summed E-state index contributed by atoms with van der Waals surface area (Å²) < 4.78 is 0. The summed E-state index contributed by atoms with van der Waals surface area (Å²) in [5.41, 5.74) is 1.09. The Morgan fingerprint density at radius 1 is 1.13 bits per heavy atom. The van der Waals surface area contributed by atoms with Crippen molar-refractivity contribution in [1.29, 1.82) is 0 Å². The Balaban J connectivity index is 2.36. The molecule has 2 N–H and O–H groups in total. The van der Waals surface area contributed by atoms with Crippen LogP contribution in [0, 0.1) is 0 Å². The van der Waals surface area contributed by atoms with Gasteiger partial charge in [-0.25, -0.2) is 0 Å². The smallest absolute Gasteiger partial charge is 0.120 e. The van der Waals surface area contributed by atoms with Gasteiger partial charge in [0.25, 0.3) is 0 Å². The molecule has 2 rings (SSSR count). The third kappa shape index (κ3) is 1.86. The van der Waals surface area contributed by atoms with Crippen molar-refractivity contribution in [3.8, 4) is 5.75 Å². The average Bonchev–Trinajstić information content (AvgIpc) is 2.42. The van der Waals surface area contributed by atoms with Crippen LogP contribution < -0.4 is 5.32 Å². The molecular formula is C13H19NO. The van der Waals surface area contributed by atoms with Gasteiger partial charge in [-0.3, -0.25) is 0 Å². The molecule has 0 amide bonds. The van der Waals surface area contributed by atoms with Gasteiger partial charge in [0.2, 0.25) is 0 Å². The van der Waals surface area contributed by atoms with E-state index in [0.29, 0.717) is 5.75 Å². The first-order chi connectivity index (χ1) is 6.93. The van der Waals surface area contributed by atoms with Crippen LogP contribution in [0.4, 0.5) is 0 Å². The number of hydrogen-bond acceptors (Lipinski definition) is 2. The summed E-state index contributed by atoms with van der Waals surface area (Å²) in [6.07, 6.45) is 2.20. The van der Waals surface area contributed by atoms with Crippen LogP contribution in [0.2, 0.25) is 0 Å². The van der Waals surface area contributed by atoms with Crippen LogP contribution in [0.1, 0.15) is 39.2 Å². The van der Waals surface area contributed by atoms with Crippen molar-refractivity contribution < 1.29 is 5.11 Å². The number of benzene rings is 1. The first-order valence-electron chi connectivity index (χ1n) is 5.51. The van der Waals surface area contributed by atoms with Gasteiger partial charge in [0.05, 0.1) is 0 Å². The van der Waals surface area contributed by atoms with Gasteiger partial charge in [0.15, 0.2) is 0 Å². The fourth-order valence-electron chi connectivity index (χ4n) is 2.58. The quantitative estimate of drug-likeness (QED) is 0.739. The van der Waals surface area contributed by atoms with E-state index in [-0.39, 0.29) is 11.1 Å². The van der Waals surface area contributed by atoms with Gasteiger partial charge >= 0.3 is 0 Å². The van der Waals surface area contributed by atoms with Crippen molar-refractivity contribution in [2.75, 3.05) is 0 Å². The van der Waals surface area contributed by atoms with E-state index in [2.05, 4.69) is 26.1 Å². The van der Waals surface area contributed by atoms with Crippen LogP contribution in [0.3, 0.4) is 0 Å². The van der Waals surface area contributed by atoms with E-state index in [0.717, 1.165) is 18.4 Å². The Morgan fingerprint density at radius 3 is 2.33 bits per heavy atom. The zero-order valence-corrected chi connectivity index (χ0v) is 9.67. The standard InChI is InChI=1S/C13H19NO/c1-12(2)8-9-13(3,14-12)10-6-4-5-7-11(10)15/h4-7,14-15H,8-9H2,1-3H3. The molecule has 1 unspecified atom stereocenters. The third-order valence-corrected chi connectivity index (χ3v) is 3.36. The highest BCUT2D eigenvalue weighted by atomic mass is 16.3.